The fraction of sp³-hybridized carbons (Fsp3) is 0.889. The quantitative estimate of drug-likeness (QED) is 0.0235. The van der Waals surface area contributed by atoms with Crippen LogP contribution in [-0.4, -0.2) is 53.3 Å². The zero-order chi connectivity index (χ0) is 33.9. The third-order valence-electron chi connectivity index (χ3n) is 8.75. The summed E-state index contributed by atoms with van der Waals surface area (Å²) < 4.78 is 32.0. The topological polar surface area (TPSA) is 132 Å². The second-order valence-electron chi connectivity index (χ2n) is 13.2. The van der Waals surface area contributed by atoms with Crippen molar-refractivity contribution in [2.45, 2.75) is 187 Å². The molecule has 0 aliphatic carbocycles. The molecular weight excluding hydrogens is 607 g/mol. The van der Waals surface area contributed by atoms with Gasteiger partial charge in [-0.25, -0.2) is 4.57 Å². The number of rotatable bonds is 32. The molecule has 3 unspecified atom stereocenters. The third-order valence-corrected chi connectivity index (χ3v) is 9.23. The average molecular weight is 675 g/mol. The number of hydrogen-bond acceptors (Lipinski definition) is 7. The van der Waals surface area contributed by atoms with Gasteiger partial charge in [-0.2, -0.15) is 0 Å². The zero-order valence-electron chi connectivity index (χ0n) is 29.3. The minimum atomic E-state index is -4.75. The lowest BCUT2D eigenvalue weighted by Gasteiger charge is -2.18. The van der Waals surface area contributed by atoms with E-state index in [2.05, 4.69) is 37.4 Å². The number of unbranched alkanes of at least 4 members (excludes halogenated alkanes) is 14. The van der Waals surface area contributed by atoms with Gasteiger partial charge in [0.2, 0.25) is 0 Å². The smallest absolute Gasteiger partial charge is 0.462 e. The van der Waals surface area contributed by atoms with Crippen LogP contribution < -0.4 is 0 Å². The Kier molecular flexibility index (Phi) is 25.7. The predicted octanol–water partition coefficient (Wildman–Crippen LogP) is 9.52. The molecule has 0 aromatic heterocycles. The van der Waals surface area contributed by atoms with E-state index in [1.165, 1.54) is 70.6 Å². The minimum Gasteiger partial charge on any atom is -0.462 e. The zero-order valence-corrected chi connectivity index (χ0v) is 30.2. The lowest BCUT2D eigenvalue weighted by Crippen LogP contribution is -2.29. The van der Waals surface area contributed by atoms with E-state index in [1.54, 1.807) is 0 Å². The van der Waals surface area contributed by atoms with Gasteiger partial charge in [-0.15, -0.1) is 0 Å². The van der Waals surface area contributed by atoms with Gasteiger partial charge in [0.1, 0.15) is 6.61 Å². The van der Waals surface area contributed by atoms with Crippen molar-refractivity contribution in [2.75, 3.05) is 13.2 Å². The molecule has 4 atom stereocenters. The summed E-state index contributed by atoms with van der Waals surface area (Å²) >= 11 is 0. The molecule has 10 heteroatoms. The molecule has 0 radical (unpaired) electrons. The first-order valence-corrected chi connectivity index (χ1v) is 20.0. The summed E-state index contributed by atoms with van der Waals surface area (Å²) in [6.07, 6.45) is 28.2. The highest BCUT2D eigenvalue weighted by molar-refractivity contribution is 7.46. The molecule has 1 rings (SSSR count). The summed E-state index contributed by atoms with van der Waals surface area (Å²) in [6.45, 7) is 5.95. The molecule has 0 bridgehead atoms. The summed E-state index contributed by atoms with van der Waals surface area (Å²) in [5, 5.41) is 0. The number of allylic oxidation sites excluding steroid dienone is 1. The van der Waals surface area contributed by atoms with Gasteiger partial charge in [0, 0.05) is 12.8 Å². The molecule has 1 heterocycles. The van der Waals surface area contributed by atoms with Crippen molar-refractivity contribution in [3.8, 4) is 0 Å². The van der Waals surface area contributed by atoms with E-state index in [0.29, 0.717) is 18.6 Å². The monoisotopic (exact) mass is 674 g/mol. The number of ether oxygens (including phenoxy) is 3. The molecule has 0 spiro atoms. The highest BCUT2D eigenvalue weighted by atomic mass is 31.2. The molecule has 1 aliphatic rings. The molecule has 0 amide bonds. The Labute approximate surface area is 280 Å². The van der Waals surface area contributed by atoms with Gasteiger partial charge in [-0.3, -0.25) is 14.1 Å². The molecule has 46 heavy (non-hydrogen) atoms. The van der Waals surface area contributed by atoms with Crippen LogP contribution >= 0.6 is 7.82 Å². The van der Waals surface area contributed by atoms with E-state index >= 15 is 0 Å². The standard InChI is InChI=1S/C36H67O9P/c1-4-6-19-25-33-34(45-33)26-21-16-12-8-10-14-18-23-28-36(38)44-32(30-43-46(39,40)41)29-42-35(37)27-22-17-13-9-7-11-15-20-24-31(3)5-2/h16,21,31-34H,4-15,17-20,22-30H2,1-3H3,(H2,39,40,41)/b21-16-/t31?,32-,33?,34?/m1/s1. The molecule has 0 aromatic carbocycles. The molecule has 0 saturated carbocycles. The minimum absolute atomic E-state index is 0.193. The normalized spacial score (nSPS) is 17.7. The number of epoxide rings is 1. The van der Waals surface area contributed by atoms with Gasteiger partial charge in [0.15, 0.2) is 6.10 Å². The first-order valence-electron chi connectivity index (χ1n) is 18.5. The molecule has 1 aliphatic heterocycles. The number of phosphoric ester groups is 1. The fourth-order valence-electron chi connectivity index (χ4n) is 5.47. The van der Waals surface area contributed by atoms with Crippen LogP contribution in [0.25, 0.3) is 0 Å². The first kappa shape index (κ1) is 42.8. The Bertz CT molecular complexity index is 843. The molecule has 9 nitrogen and oxygen atoms in total. The predicted molar refractivity (Wildman–Crippen MR) is 183 cm³/mol. The van der Waals surface area contributed by atoms with Gasteiger partial charge < -0.3 is 24.0 Å². The highest BCUT2D eigenvalue weighted by Gasteiger charge is 2.36. The van der Waals surface area contributed by atoms with E-state index in [-0.39, 0.29) is 19.4 Å². The Morgan fingerprint density at radius 2 is 1.37 bits per heavy atom. The van der Waals surface area contributed by atoms with Crippen LogP contribution in [0.1, 0.15) is 168 Å². The molecular formula is C36H67O9P. The number of carbonyl (C=O) groups is 2. The maximum Gasteiger partial charge on any atom is 0.469 e. The van der Waals surface area contributed by atoms with Crippen molar-refractivity contribution in [1.82, 2.24) is 0 Å². The average Bonchev–Trinajstić information content (AvgIpc) is 3.77. The van der Waals surface area contributed by atoms with Crippen LogP contribution in [-0.2, 0) is 32.9 Å². The Morgan fingerprint density at radius 3 is 2.00 bits per heavy atom. The van der Waals surface area contributed by atoms with Crippen LogP contribution in [0.5, 0.6) is 0 Å². The van der Waals surface area contributed by atoms with E-state index in [1.807, 2.05) is 0 Å². The molecule has 270 valence electrons. The lowest BCUT2D eigenvalue weighted by atomic mass is 9.99. The largest absolute Gasteiger partial charge is 0.469 e. The van der Waals surface area contributed by atoms with Crippen molar-refractivity contribution in [1.29, 1.82) is 0 Å². The maximum atomic E-state index is 12.4. The van der Waals surface area contributed by atoms with Gasteiger partial charge in [-0.05, 0) is 44.4 Å². The number of hydrogen-bond donors (Lipinski definition) is 2. The Balaban J connectivity index is 2.10. The van der Waals surface area contributed by atoms with Crippen molar-refractivity contribution in [2.24, 2.45) is 5.92 Å². The number of carbonyl (C=O) groups excluding carboxylic acids is 2. The van der Waals surface area contributed by atoms with Crippen molar-refractivity contribution < 1.29 is 42.7 Å². The van der Waals surface area contributed by atoms with Crippen molar-refractivity contribution >= 4 is 19.8 Å². The molecule has 1 saturated heterocycles. The Hall–Kier alpha value is -1.25. The van der Waals surface area contributed by atoms with Gasteiger partial charge in [0.25, 0.3) is 0 Å². The van der Waals surface area contributed by atoms with E-state index in [0.717, 1.165) is 63.7 Å². The Morgan fingerprint density at radius 1 is 0.761 bits per heavy atom. The summed E-state index contributed by atoms with van der Waals surface area (Å²) in [4.78, 5) is 42.7. The third kappa shape index (κ3) is 26.8. The highest BCUT2D eigenvalue weighted by Crippen LogP contribution is 2.36. The summed E-state index contributed by atoms with van der Waals surface area (Å²) in [6, 6.07) is 0. The van der Waals surface area contributed by atoms with Crippen LogP contribution in [0.15, 0.2) is 12.2 Å². The van der Waals surface area contributed by atoms with Crippen LogP contribution in [0.2, 0.25) is 0 Å². The summed E-state index contributed by atoms with van der Waals surface area (Å²) in [5.41, 5.74) is 0. The van der Waals surface area contributed by atoms with Gasteiger partial charge in [0.05, 0.1) is 18.8 Å². The molecule has 0 aromatic rings. The summed E-state index contributed by atoms with van der Waals surface area (Å²) in [7, 11) is -4.75. The SMILES string of the molecule is CCCCCC1OC1C/C=C\CCCCCCCC(=O)O[C@H](COC(=O)CCCCCCCCCCC(C)CC)COP(=O)(O)O. The van der Waals surface area contributed by atoms with E-state index in [9.17, 15) is 14.2 Å². The maximum absolute atomic E-state index is 12.4. The first-order chi connectivity index (χ1) is 22.1. The van der Waals surface area contributed by atoms with E-state index in [4.69, 9.17) is 24.0 Å². The van der Waals surface area contributed by atoms with Crippen LogP contribution in [0.4, 0.5) is 0 Å². The number of phosphoric acid groups is 1. The van der Waals surface area contributed by atoms with Gasteiger partial charge in [-0.1, -0.05) is 129 Å². The number of esters is 2. The van der Waals surface area contributed by atoms with Crippen molar-refractivity contribution in [3.05, 3.63) is 12.2 Å². The van der Waals surface area contributed by atoms with E-state index < -0.39 is 32.5 Å². The summed E-state index contributed by atoms with van der Waals surface area (Å²) in [5.74, 6) is -0.0802. The van der Waals surface area contributed by atoms with Crippen LogP contribution in [0.3, 0.4) is 0 Å². The lowest BCUT2D eigenvalue weighted by molar-refractivity contribution is -0.161. The molecule has 1 fully saturated rings. The van der Waals surface area contributed by atoms with Crippen molar-refractivity contribution in [3.63, 3.8) is 0 Å². The fourth-order valence-corrected chi connectivity index (χ4v) is 5.83. The second-order valence-corrected chi connectivity index (χ2v) is 14.4. The van der Waals surface area contributed by atoms with Gasteiger partial charge >= 0.3 is 19.8 Å². The second kappa shape index (κ2) is 27.7. The molecule has 2 N–H and O–H groups in total. The van der Waals surface area contributed by atoms with Crippen LogP contribution in [0, 0.1) is 5.92 Å².